The van der Waals surface area contributed by atoms with Crippen LogP contribution < -0.4 is 9.62 Å². The van der Waals surface area contributed by atoms with Crippen molar-refractivity contribution in [3.05, 3.63) is 65.7 Å². The third-order valence-electron chi connectivity index (χ3n) is 5.30. The number of aryl methyl sites for hydroxylation is 1. The molecule has 0 aromatic heterocycles. The highest BCUT2D eigenvalue weighted by Crippen LogP contribution is 2.20. The maximum absolute atomic E-state index is 13.3. The third-order valence-corrected chi connectivity index (χ3v) is 6.50. The largest absolute Gasteiger partial charge is 0.350 e. The number of sulfonamides is 1. The Morgan fingerprint density at radius 2 is 1.68 bits per heavy atom. The van der Waals surface area contributed by atoms with E-state index in [0.717, 1.165) is 17.4 Å². The molecule has 2 aromatic carbocycles. The number of rotatable bonds is 10. The minimum Gasteiger partial charge on any atom is -0.350 e. The molecule has 0 spiro atoms. The highest BCUT2D eigenvalue weighted by molar-refractivity contribution is 7.92. The van der Waals surface area contributed by atoms with Gasteiger partial charge in [0.25, 0.3) is 0 Å². The first-order valence-electron chi connectivity index (χ1n) is 11.5. The number of amides is 2. The van der Waals surface area contributed by atoms with Crippen molar-refractivity contribution in [2.24, 2.45) is 0 Å². The topological polar surface area (TPSA) is 86.8 Å². The van der Waals surface area contributed by atoms with Gasteiger partial charge >= 0.3 is 0 Å². The van der Waals surface area contributed by atoms with Gasteiger partial charge in [0.15, 0.2) is 0 Å². The van der Waals surface area contributed by atoms with Crippen molar-refractivity contribution in [2.45, 2.75) is 65.6 Å². The van der Waals surface area contributed by atoms with E-state index in [4.69, 9.17) is 0 Å². The third kappa shape index (κ3) is 8.48. The highest BCUT2D eigenvalue weighted by Gasteiger charge is 2.28. The van der Waals surface area contributed by atoms with Crippen LogP contribution in [0.3, 0.4) is 0 Å². The Bertz CT molecular complexity index is 1080. The molecule has 0 radical (unpaired) electrons. The predicted octanol–water partition coefficient (Wildman–Crippen LogP) is 3.87. The lowest BCUT2D eigenvalue weighted by molar-refractivity contribution is -0.141. The molecule has 1 unspecified atom stereocenters. The van der Waals surface area contributed by atoms with Crippen LogP contribution in [0.15, 0.2) is 54.6 Å². The molecule has 8 heteroatoms. The molecule has 0 fully saturated rings. The molecule has 1 N–H and O–H groups in total. The van der Waals surface area contributed by atoms with E-state index in [0.29, 0.717) is 18.7 Å². The number of anilines is 1. The first-order chi connectivity index (χ1) is 15.8. The maximum atomic E-state index is 13.3. The van der Waals surface area contributed by atoms with Crippen LogP contribution >= 0.6 is 0 Å². The van der Waals surface area contributed by atoms with Gasteiger partial charge in [-0.15, -0.1) is 0 Å². The summed E-state index contributed by atoms with van der Waals surface area (Å²) in [5.74, 6) is -0.424. The molecule has 0 saturated heterocycles. The van der Waals surface area contributed by atoms with Crippen molar-refractivity contribution in [3.63, 3.8) is 0 Å². The molecule has 0 aliphatic heterocycles. The van der Waals surface area contributed by atoms with Gasteiger partial charge in [-0.25, -0.2) is 8.42 Å². The second kappa shape index (κ2) is 11.5. The minimum atomic E-state index is -3.51. The second-order valence-electron chi connectivity index (χ2n) is 9.70. The van der Waals surface area contributed by atoms with Crippen LogP contribution in [0.1, 0.15) is 51.7 Å². The van der Waals surface area contributed by atoms with E-state index in [1.807, 2.05) is 76.2 Å². The predicted molar refractivity (Wildman–Crippen MR) is 137 cm³/mol. The monoisotopic (exact) mass is 487 g/mol. The zero-order valence-corrected chi connectivity index (χ0v) is 21.9. The van der Waals surface area contributed by atoms with Gasteiger partial charge in [0.2, 0.25) is 21.8 Å². The van der Waals surface area contributed by atoms with Gasteiger partial charge < -0.3 is 10.2 Å². The molecular formula is C26H37N3O4S. The fourth-order valence-electron chi connectivity index (χ4n) is 3.62. The highest BCUT2D eigenvalue weighted by atomic mass is 32.2. The van der Waals surface area contributed by atoms with E-state index in [-0.39, 0.29) is 24.8 Å². The Morgan fingerprint density at radius 3 is 2.24 bits per heavy atom. The van der Waals surface area contributed by atoms with Crippen molar-refractivity contribution in [1.29, 1.82) is 0 Å². The molecule has 1 atom stereocenters. The zero-order chi connectivity index (χ0) is 25.5. The van der Waals surface area contributed by atoms with E-state index in [1.165, 1.54) is 4.31 Å². The van der Waals surface area contributed by atoms with Gasteiger partial charge in [0.1, 0.15) is 6.04 Å². The zero-order valence-electron chi connectivity index (χ0n) is 21.0. The van der Waals surface area contributed by atoms with Crippen molar-refractivity contribution in [2.75, 3.05) is 17.1 Å². The summed E-state index contributed by atoms with van der Waals surface area (Å²) in [6, 6.07) is 16.1. The number of nitrogens with zero attached hydrogens (tertiary/aromatic N) is 2. The summed E-state index contributed by atoms with van der Waals surface area (Å²) in [6.07, 6.45) is 1.62. The lowest BCUT2D eigenvalue weighted by Crippen LogP contribution is -2.52. The Kier molecular flexibility index (Phi) is 9.27. The summed E-state index contributed by atoms with van der Waals surface area (Å²) in [5, 5.41) is 2.94. The molecule has 186 valence electrons. The van der Waals surface area contributed by atoms with Gasteiger partial charge in [0.05, 0.1) is 11.9 Å². The van der Waals surface area contributed by atoms with Crippen LogP contribution in [0.5, 0.6) is 0 Å². The van der Waals surface area contributed by atoms with Gasteiger partial charge in [-0.2, -0.15) is 0 Å². The molecule has 0 aliphatic carbocycles. The maximum Gasteiger partial charge on any atom is 0.242 e. The van der Waals surface area contributed by atoms with Crippen LogP contribution in [0.2, 0.25) is 0 Å². The Morgan fingerprint density at radius 1 is 1.03 bits per heavy atom. The summed E-state index contributed by atoms with van der Waals surface area (Å²) in [6.45, 7) is 9.78. The average molecular weight is 488 g/mol. The second-order valence-corrected chi connectivity index (χ2v) is 11.6. The smallest absolute Gasteiger partial charge is 0.242 e. The standard InChI is InChI=1S/C26H37N3O4S/c1-20-12-10-15-23(18-20)29(34(6,32)33)17-11-16-24(30)28(19-22-13-8-7-9-14-22)21(2)25(31)27-26(3,4)5/h7-10,12-15,18,21H,11,16-17,19H2,1-6H3,(H,27,31). The molecule has 7 nitrogen and oxygen atoms in total. The molecule has 0 aliphatic rings. The molecule has 0 heterocycles. The Balaban J connectivity index is 2.16. The molecule has 2 amide bonds. The first-order valence-corrected chi connectivity index (χ1v) is 13.3. The van der Waals surface area contributed by atoms with E-state index in [1.54, 1.807) is 17.9 Å². The fraction of sp³-hybridized carbons (Fsp3) is 0.462. The number of hydrogen-bond donors (Lipinski definition) is 1. The quantitative estimate of drug-likeness (QED) is 0.551. The summed E-state index contributed by atoms with van der Waals surface area (Å²) in [4.78, 5) is 27.7. The SMILES string of the molecule is Cc1cccc(N(CCCC(=O)N(Cc2ccccc2)C(C)C(=O)NC(C)(C)C)S(C)(=O)=O)c1. The number of hydrogen-bond acceptors (Lipinski definition) is 4. The lowest BCUT2D eigenvalue weighted by atomic mass is 10.1. The van der Waals surface area contributed by atoms with E-state index in [2.05, 4.69) is 5.32 Å². The van der Waals surface area contributed by atoms with E-state index in [9.17, 15) is 18.0 Å². The molecule has 0 saturated carbocycles. The molecular weight excluding hydrogens is 450 g/mol. The van der Waals surface area contributed by atoms with Gasteiger partial charge in [-0.3, -0.25) is 13.9 Å². The van der Waals surface area contributed by atoms with Crippen LogP contribution in [-0.4, -0.2) is 49.5 Å². The van der Waals surface area contributed by atoms with E-state index < -0.39 is 21.6 Å². The average Bonchev–Trinajstić information content (AvgIpc) is 2.73. The van der Waals surface area contributed by atoms with Gasteiger partial charge in [0, 0.05) is 25.0 Å². The summed E-state index contributed by atoms with van der Waals surface area (Å²) >= 11 is 0. The molecule has 0 bridgehead atoms. The minimum absolute atomic E-state index is 0.123. The Labute approximate surface area is 204 Å². The van der Waals surface area contributed by atoms with Crippen LogP contribution in [0.25, 0.3) is 0 Å². The number of carbonyl (C=O) groups is 2. The van der Waals surface area contributed by atoms with Gasteiger partial charge in [-0.1, -0.05) is 42.5 Å². The van der Waals surface area contributed by atoms with Gasteiger partial charge in [-0.05, 0) is 64.3 Å². The summed E-state index contributed by atoms with van der Waals surface area (Å²) in [7, 11) is -3.51. The fourth-order valence-corrected chi connectivity index (χ4v) is 4.58. The molecule has 34 heavy (non-hydrogen) atoms. The van der Waals surface area contributed by atoms with Crippen molar-refractivity contribution in [1.82, 2.24) is 10.2 Å². The normalized spacial score (nSPS) is 12.6. The summed E-state index contributed by atoms with van der Waals surface area (Å²) in [5.41, 5.74) is 2.03. The first kappa shape index (κ1) is 27.4. The van der Waals surface area contributed by atoms with Crippen molar-refractivity contribution in [3.8, 4) is 0 Å². The molecule has 2 rings (SSSR count). The van der Waals surface area contributed by atoms with Crippen LogP contribution in [0.4, 0.5) is 5.69 Å². The van der Waals surface area contributed by atoms with E-state index >= 15 is 0 Å². The Hall–Kier alpha value is -2.87. The lowest BCUT2D eigenvalue weighted by Gasteiger charge is -2.32. The number of nitrogens with one attached hydrogen (secondary N) is 1. The summed E-state index contributed by atoms with van der Waals surface area (Å²) < 4.78 is 26.1. The molecule has 2 aromatic rings. The number of carbonyl (C=O) groups excluding carboxylic acids is 2. The van der Waals surface area contributed by atoms with Crippen molar-refractivity contribution >= 4 is 27.5 Å². The van der Waals surface area contributed by atoms with Crippen molar-refractivity contribution < 1.29 is 18.0 Å². The number of benzene rings is 2. The van der Waals surface area contributed by atoms with Crippen LogP contribution in [0, 0.1) is 6.92 Å². The van der Waals surface area contributed by atoms with Crippen LogP contribution in [-0.2, 0) is 26.2 Å².